The zero-order valence-electron chi connectivity index (χ0n) is 16.6. The lowest BCUT2D eigenvalue weighted by Crippen LogP contribution is -2.23. The fourth-order valence-electron chi connectivity index (χ4n) is 3.72. The molecule has 0 saturated heterocycles. The summed E-state index contributed by atoms with van der Waals surface area (Å²) in [6, 6.07) is 14.9. The number of carbonyl (C=O) groups excluding carboxylic acids is 1. The maximum Gasteiger partial charge on any atom is 0.331 e. The van der Waals surface area contributed by atoms with Gasteiger partial charge in [-0.3, -0.25) is 0 Å². The number of carbonyl (C=O) groups is 1. The summed E-state index contributed by atoms with van der Waals surface area (Å²) in [5, 5.41) is 0. The van der Waals surface area contributed by atoms with Crippen LogP contribution in [0.2, 0.25) is 0 Å². The minimum atomic E-state index is -0.333. The van der Waals surface area contributed by atoms with Gasteiger partial charge in [0.2, 0.25) is 0 Å². The molecule has 0 spiro atoms. The summed E-state index contributed by atoms with van der Waals surface area (Å²) in [6.07, 6.45) is 6.90. The van der Waals surface area contributed by atoms with Gasteiger partial charge in [-0.25, -0.2) is 9.18 Å². The minimum Gasteiger partial charge on any atom is -0.459 e. The summed E-state index contributed by atoms with van der Waals surface area (Å²) in [4.78, 5) is 14.2. The molecule has 0 aromatic heterocycles. The van der Waals surface area contributed by atoms with Gasteiger partial charge in [-0.15, -0.1) is 0 Å². The number of nitrogens with zero attached hydrogens (tertiary/aromatic N) is 1. The summed E-state index contributed by atoms with van der Waals surface area (Å²) in [5.74, 6) is -0.0808. The van der Waals surface area contributed by atoms with Gasteiger partial charge in [0, 0.05) is 12.6 Å². The van der Waals surface area contributed by atoms with Crippen molar-refractivity contribution in [1.82, 2.24) is 4.90 Å². The highest BCUT2D eigenvalue weighted by Crippen LogP contribution is 2.34. The molecule has 1 saturated carbocycles. The highest BCUT2D eigenvalue weighted by molar-refractivity contribution is 5.87. The second kappa shape index (κ2) is 9.65. The fourth-order valence-corrected chi connectivity index (χ4v) is 3.72. The van der Waals surface area contributed by atoms with E-state index in [0.29, 0.717) is 5.92 Å². The van der Waals surface area contributed by atoms with Gasteiger partial charge in [-0.2, -0.15) is 0 Å². The average Bonchev–Trinajstić information content (AvgIpc) is 2.68. The largest absolute Gasteiger partial charge is 0.459 e. The standard InChI is InChI=1S/C24H28FNO2/c1-26(2)17-19-3-8-20(9-4-19)21-10-14-23(15-11-21)28-24(27)16-7-18-5-12-22(25)13-6-18/h3-9,12-13,16,21,23H,10-11,14-15,17H2,1-2H3/t21-,23-. The maximum atomic E-state index is 12.9. The molecule has 1 aliphatic rings. The lowest BCUT2D eigenvalue weighted by atomic mass is 9.82. The van der Waals surface area contributed by atoms with Crippen LogP contribution < -0.4 is 0 Å². The second-order valence-electron chi connectivity index (χ2n) is 7.77. The van der Waals surface area contributed by atoms with Gasteiger partial charge < -0.3 is 9.64 Å². The number of hydrogen-bond donors (Lipinski definition) is 0. The van der Waals surface area contributed by atoms with E-state index in [0.717, 1.165) is 37.8 Å². The van der Waals surface area contributed by atoms with E-state index >= 15 is 0 Å². The van der Waals surface area contributed by atoms with Crippen LogP contribution in [0.5, 0.6) is 0 Å². The molecule has 0 radical (unpaired) electrons. The lowest BCUT2D eigenvalue weighted by molar-refractivity contribution is -0.144. The van der Waals surface area contributed by atoms with Gasteiger partial charge in [-0.05, 0) is 80.6 Å². The van der Waals surface area contributed by atoms with Crippen LogP contribution >= 0.6 is 0 Å². The third-order valence-corrected chi connectivity index (χ3v) is 5.19. The van der Waals surface area contributed by atoms with E-state index in [4.69, 9.17) is 4.74 Å². The monoisotopic (exact) mass is 381 g/mol. The first-order valence-corrected chi connectivity index (χ1v) is 9.87. The Balaban J connectivity index is 1.45. The third-order valence-electron chi connectivity index (χ3n) is 5.19. The van der Waals surface area contributed by atoms with E-state index in [-0.39, 0.29) is 17.9 Å². The highest BCUT2D eigenvalue weighted by Gasteiger charge is 2.24. The van der Waals surface area contributed by atoms with E-state index < -0.39 is 0 Å². The van der Waals surface area contributed by atoms with Crippen LogP contribution in [0.15, 0.2) is 54.6 Å². The van der Waals surface area contributed by atoms with Crippen LogP contribution in [0.3, 0.4) is 0 Å². The van der Waals surface area contributed by atoms with Gasteiger partial charge >= 0.3 is 5.97 Å². The Morgan fingerprint density at radius 3 is 2.29 bits per heavy atom. The minimum absolute atomic E-state index is 0.0189. The number of hydrogen-bond acceptors (Lipinski definition) is 3. The third kappa shape index (κ3) is 6.03. The second-order valence-corrected chi connectivity index (χ2v) is 7.77. The van der Waals surface area contributed by atoms with Crippen molar-refractivity contribution in [1.29, 1.82) is 0 Å². The molecule has 28 heavy (non-hydrogen) atoms. The Kier molecular flexibility index (Phi) is 6.99. The normalized spacial score (nSPS) is 19.9. The van der Waals surface area contributed by atoms with Crippen LogP contribution in [-0.2, 0) is 16.1 Å². The molecule has 0 aliphatic heterocycles. The summed E-state index contributed by atoms with van der Waals surface area (Å²) in [5.41, 5.74) is 3.48. The molecule has 2 aromatic carbocycles. The molecule has 0 N–H and O–H groups in total. The van der Waals surface area contributed by atoms with Gasteiger partial charge in [0.05, 0.1) is 0 Å². The number of esters is 1. The van der Waals surface area contributed by atoms with Crippen molar-refractivity contribution in [3.05, 3.63) is 77.1 Å². The molecular weight excluding hydrogens is 353 g/mol. The Morgan fingerprint density at radius 1 is 1.04 bits per heavy atom. The molecule has 4 heteroatoms. The fraction of sp³-hybridized carbons (Fsp3) is 0.375. The first-order valence-electron chi connectivity index (χ1n) is 9.87. The molecule has 1 fully saturated rings. The van der Waals surface area contributed by atoms with Crippen LogP contribution in [0.1, 0.15) is 48.3 Å². The predicted octanol–water partition coefficient (Wildman–Crippen LogP) is 5.17. The molecule has 2 aromatic rings. The van der Waals surface area contributed by atoms with E-state index in [1.54, 1.807) is 18.2 Å². The van der Waals surface area contributed by atoms with E-state index in [1.165, 1.54) is 29.3 Å². The Hall–Kier alpha value is -2.46. The van der Waals surface area contributed by atoms with E-state index in [1.807, 2.05) is 0 Å². The molecule has 0 atom stereocenters. The van der Waals surface area contributed by atoms with Crippen molar-refractivity contribution in [2.24, 2.45) is 0 Å². The summed E-state index contributed by atoms with van der Waals surface area (Å²) < 4.78 is 18.5. The maximum absolute atomic E-state index is 12.9. The molecule has 0 amide bonds. The van der Waals surface area contributed by atoms with Crippen LogP contribution in [-0.4, -0.2) is 31.1 Å². The van der Waals surface area contributed by atoms with Crippen LogP contribution in [0.4, 0.5) is 4.39 Å². The Morgan fingerprint density at radius 2 is 1.68 bits per heavy atom. The van der Waals surface area contributed by atoms with Crippen molar-refractivity contribution < 1.29 is 13.9 Å². The molecule has 3 nitrogen and oxygen atoms in total. The highest BCUT2D eigenvalue weighted by atomic mass is 19.1. The average molecular weight is 381 g/mol. The van der Waals surface area contributed by atoms with E-state index in [2.05, 4.69) is 43.3 Å². The molecule has 0 heterocycles. The zero-order valence-corrected chi connectivity index (χ0v) is 16.6. The van der Waals surface area contributed by atoms with Crippen molar-refractivity contribution in [3.8, 4) is 0 Å². The van der Waals surface area contributed by atoms with Gasteiger partial charge in [0.1, 0.15) is 11.9 Å². The molecule has 3 rings (SSSR count). The predicted molar refractivity (Wildman–Crippen MR) is 110 cm³/mol. The number of rotatable bonds is 6. The quantitative estimate of drug-likeness (QED) is 0.511. The summed E-state index contributed by atoms with van der Waals surface area (Å²) >= 11 is 0. The molecule has 0 unspecified atom stereocenters. The summed E-state index contributed by atoms with van der Waals surface area (Å²) in [6.45, 7) is 0.953. The molecular formula is C24H28FNO2. The van der Waals surface area contributed by atoms with Crippen molar-refractivity contribution in [3.63, 3.8) is 0 Å². The molecule has 0 bridgehead atoms. The van der Waals surface area contributed by atoms with Crippen molar-refractivity contribution >= 4 is 12.0 Å². The van der Waals surface area contributed by atoms with Gasteiger partial charge in [-0.1, -0.05) is 36.4 Å². The van der Waals surface area contributed by atoms with E-state index in [9.17, 15) is 9.18 Å². The zero-order chi connectivity index (χ0) is 19.9. The number of halogens is 1. The van der Waals surface area contributed by atoms with Gasteiger partial charge in [0.25, 0.3) is 0 Å². The van der Waals surface area contributed by atoms with Crippen molar-refractivity contribution in [2.45, 2.75) is 44.2 Å². The smallest absolute Gasteiger partial charge is 0.331 e. The number of benzene rings is 2. The Labute approximate surface area is 166 Å². The lowest BCUT2D eigenvalue weighted by Gasteiger charge is -2.28. The van der Waals surface area contributed by atoms with Crippen molar-refractivity contribution in [2.75, 3.05) is 14.1 Å². The van der Waals surface area contributed by atoms with Crippen LogP contribution in [0, 0.1) is 5.82 Å². The van der Waals surface area contributed by atoms with Crippen LogP contribution in [0.25, 0.3) is 6.08 Å². The SMILES string of the molecule is CN(C)Cc1ccc([C@H]2CC[C@H](OC(=O)C=Cc3ccc(F)cc3)CC2)cc1. The number of ether oxygens (including phenoxy) is 1. The topological polar surface area (TPSA) is 29.5 Å². The summed E-state index contributed by atoms with van der Waals surface area (Å²) in [7, 11) is 4.15. The first-order chi connectivity index (χ1) is 13.5. The molecule has 1 aliphatic carbocycles. The molecule has 148 valence electrons. The Bertz CT molecular complexity index is 788. The first kappa shape index (κ1) is 20.3. The van der Waals surface area contributed by atoms with Gasteiger partial charge in [0.15, 0.2) is 0 Å².